The number of carbonyl (C=O) groups is 1. The molecule has 2 atom stereocenters. The van der Waals surface area contributed by atoms with Crippen LogP contribution in [0.2, 0.25) is 0 Å². The zero-order valence-corrected chi connectivity index (χ0v) is 14.9. The molecule has 0 spiro atoms. The van der Waals surface area contributed by atoms with E-state index in [4.69, 9.17) is 4.74 Å². The van der Waals surface area contributed by atoms with Crippen molar-refractivity contribution in [3.05, 3.63) is 59.8 Å². The third-order valence-electron chi connectivity index (χ3n) is 6.00. The van der Waals surface area contributed by atoms with E-state index in [1.165, 1.54) is 16.5 Å². The Morgan fingerprint density at radius 3 is 2.92 bits per heavy atom. The number of hydrogen-bond donors (Lipinski definition) is 2. The van der Waals surface area contributed by atoms with Crippen LogP contribution < -0.4 is 10.1 Å². The number of rotatable bonds is 2. The van der Waals surface area contributed by atoms with Crippen LogP contribution >= 0.6 is 0 Å². The molecule has 0 saturated carbocycles. The number of nitrogens with zero attached hydrogens (tertiary/aromatic N) is 1. The van der Waals surface area contributed by atoms with Crippen LogP contribution in [0.15, 0.2) is 48.7 Å². The van der Waals surface area contributed by atoms with E-state index < -0.39 is 0 Å². The molecule has 5 rings (SSSR count). The summed E-state index contributed by atoms with van der Waals surface area (Å²) in [5, 5.41) is 4.79. The van der Waals surface area contributed by atoms with Gasteiger partial charge in [0.2, 0.25) is 5.91 Å². The van der Waals surface area contributed by atoms with E-state index in [9.17, 15) is 4.79 Å². The van der Waals surface area contributed by atoms with Gasteiger partial charge in [-0.3, -0.25) is 4.79 Å². The van der Waals surface area contributed by atoms with Crippen LogP contribution in [0, 0.1) is 0 Å². The number of H-pyrrole nitrogens is 1. The number of ether oxygens (including phenoxy) is 1. The monoisotopic (exact) mass is 347 g/mol. The molecule has 1 aromatic heterocycles. The highest BCUT2D eigenvalue weighted by atomic mass is 16.5. The van der Waals surface area contributed by atoms with Crippen molar-refractivity contribution in [2.75, 3.05) is 19.0 Å². The SMILES string of the molecule is COc1ccc2c(c1)[C@@]1(c3ccc4cc[nH]c4c3)CCN(C(C)=O)[C@H]1N2. The second-order valence-electron chi connectivity index (χ2n) is 7.17. The van der Waals surface area contributed by atoms with Crippen LogP contribution in [0.5, 0.6) is 5.75 Å². The lowest BCUT2D eigenvalue weighted by atomic mass is 9.73. The molecule has 2 aliphatic rings. The summed E-state index contributed by atoms with van der Waals surface area (Å²) in [5.74, 6) is 0.942. The van der Waals surface area contributed by atoms with E-state index in [0.29, 0.717) is 0 Å². The van der Waals surface area contributed by atoms with Gasteiger partial charge >= 0.3 is 0 Å². The van der Waals surface area contributed by atoms with Crippen molar-refractivity contribution in [1.82, 2.24) is 9.88 Å². The first-order valence-electron chi connectivity index (χ1n) is 8.93. The maximum atomic E-state index is 12.3. The molecule has 2 aliphatic heterocycles. The van der Waals surface area contributed by atoms with Crippen molar-refractivity contribution in [1.29, 1.82) is 0 Å². The number of methoxy groups -OCH3 is 1. The first-order valence-corrected chi connectivity index (χ1v) is 8.93. The average molecular weight is 347 g/mol. The summed E-state index contributed by atoms with van der Waals surface area (Å²) in [5.41, 5.74) is 4.35. The number of benzene rings is 2. The Morgan fingerprint density at radius 2 is 2.12 bits per heavy atom. The number of aromatic nitrogens is 1. The Kier molecular flexibility index (Phi) is 3.11. The van der Waals surface area contributed by atoms with Gasteiger partial charge in [0.1, 0.15) is 11.9 Å². The van der Waals surface area contributed by atoms with Gasteiger partial charge in [-0.15, -0.1) is 0 Å². The molecule has 1 fully saturated rings. The minimum atomic E-state index is -0.269. The maximum Gasteiger partial charge on any atom is 0.221 e. The molecule has 5 heteroatoms. The number of fused-ring (bicyclic) bond motifs is 4. The summed E-state index contributed by atoms with van der Waals surface area (Å²) in [6.07, 6.45) is 2.77. The number of likely N-dealkylation sites (tertiary alicyclic amines) is 1. The van der Waals surface area contributed by atoms with Crippen molar-refractivity contribution >= 4 is 22.5 Å². The van der Waals surface area contributed by atoms with Crippen molar-refractivity contribution in [2.45, 2.75) is 24.9 Å². The van der Waals surface area contributed by atoms with Crippen molar-refractivity contribution in [2.24, 2.45) is 0 Å². The first kappa shape index (κ1) is 15.3. The van der Waals surface area contributed by atoms with Gasteiger partial charge in [-0.2, -0.15) is 0 Å². The number of carbonyl (C=O) groups excluding carboxylic acids is 1. The van der Waals surface area contributed by atoms with E-state index in [2.05, 4.69) is 46.7 Å². The summed E-state index contributed by atoms with van der Waals surface area (Å²) in [7, 11) is 1.69. The normalized spacial score (nSPS) is 23.6. The standard InChI is InChI=1S/C21H21N3O2/c1-13(25)24-10-8-21(15-4-3-14-7-9-22-19(14)11-15)17-12-16(26-2)5-6-18(17)23-20(21)24/h3-7,9,11-12,20,22-23H,8,10H2,1-2H3/t20-,21+/m1/s1. The zero-order valence-electron chi connectivity index (χ0n) is 14.9. The second-order valence-corrected chi connectivity index (χ2v) is 7.17. The fourth-order valence-electron chi connectivity index (χ4n) is 4.73. The lowest BCUT2D eigenvalue weighted by molar-refractivity contribution is -0.129. The fourth-order valence-corrected chi connectivity index (χ4v) is 4.73. The van der Waals surface area contributed by atoms with Gasteiger partial charge in [0.25, 0.3) is 0 Å². The van der Waals surface area contributed by atoms with Crippen molar-refractivity contribution in [3.8, 4) is 5.75 Å². The van der Waals surface area contributed by atoms with Gasteiger partial charge in [0.05, 0.1) is 12.5 Å². The second kappa shape index (κ2) is 5.27. The fraction of sp³-hybridized carbons (Fsp3) is 0.286. The van der Waals surface area contributed by atoms with Crippen LogP contribution in [0.25, 0.3) is 10.9 Å². The van der Waals surface area contributed by atoms with Crippen LogP contribution in [-0.4, -0.2) is 35.6 Å². The Morgan fingerprint density at radius 1 is 1.23 bits per heavy atom. The molecule has 5 nitrogen and oxygen atoms in total. The molecular weight excluding hydrogens is 326 g/mol. The Balaban J connectivity index is 1.75. The number of hydrogen-bond acceptors (Lipinski definition) is 3. The molecule has 2 N–H and O–H groups in total. The Bertz CT molecular complexity index is 1030. The van der Waals surface area contributed by atoms with Gasteiger partial charge in [0, 0.05) is 30.9 Å². The van der Waals surface area contributed by atoms with Gasteiger partial charge in [-0.1, -0.05) is 12.1 Å². The molecule has 26 heavy (non-hydrogen) atoms. The van der Waals surface area contributed by atoms with Crippen molar-refractivity contribution in [3.63, 3.8) is 0 Å². The maximum absolute atomic E-state index is 12.3. The van der Waals surface area contributed by atoms with Crippen LogP contribution in [0.4, 0.5) is 5.69 Å². The van der Waals surface area contributed by atoms with Gasteiger partial charge < -0.3 is 19.9 Å². The summed E-state index contributed by atoms with van der Waals surface area (Å²) >= 11 is 0. The molecule has 1 saturated heterocycles. The van der Waals surface area contributed by atoms with E-state index in [1.807, 2.05) is 17.2 Å². The third kappa shape index (κ3) is 1.88. The Labute approximate surface area is 152 Å². The molecule has 0 radical (unpaired) electrons. The molecule has 3 heterocycles. The highest BCUT2D eigenvalue weighted by molar-refractivity contribution is 5.82. The minimum absolute atomic E-state index is 0.0745. The summed E-state index contributed by atoms with van der Waals surface area (Å²) < 4.78 is 5.49. The number of nitrogens with one attached hydrogen (secondary N) is 2. The molecule has 0 aliphatic carbocycles. The van der Waals surface area contributed by atoms with Crippen LogP contribution in [0.3, 0.4) is 0 Å². The Hall–Kier alpha value is -2.95. The van der Waals surface area contributed by atoms with Gasteiger partial charge in [0.15, 0.2) is 0 Å². The smallest absolute Gasteiger partial charge is 0.221 e. The minimum Gasteiger partial charge on any atom is -0.497 e. The largest absolute Gasteiger partial charge is 0.497 e. The molecule has 3 aromatic rings. The van der Waals surface area contributed by atoms with E-state index in [0.717, 1.165) is 29.9 Å². The quantitative estimate of drug-likeness (QED) is 0.746. The lowest BCUT2D eigenvalue weighted by Crippen LogP contribution is -2.45. The highest BCUT2D eigenvalue weighted by Gasteiger charge is 2.55. The van der Waals surface area contributed by atoms with E-state index in [-0.39, 0.29) is 17.5 Å². The molecule has 132 valence electrons. The molecular formula is C21H21N3O2. The highest BCUT2D eigenvalue weighted by Crippen LogP contribution is 2.53. The van der Waals surface area contributed by atoms with Crippen LogP contribution in [-0.2, 0) is 10.2 Å². The molecule has 1 amide bonds. The predicted molar refractivity (Wildman–Crippen MR) is 101 cm³/mol. The third-order valence-corrected chi connectivity index (χ3v) is 6.00. The predicted octanol–water partition coefficient (Wildman–Crippen LogP) is 3.47. The zero-order chi connectivity index (χ0) is 17.9. The topological polar surface area (TPSA) is 57.4 Å². The summed E-state index contributed by atoms with van der Waals surface area (Å²) in [6, 6.07) is 14.8. The van der Waals surface area contributed by atoms with Gasteiger partial charge in [-0.05, 0) is 53.3 Å². The number of amides is 1. The summed E-state index contributed by atoms with van der Waals surface area (Å²) in [6.45, 7) is 2.39. The van der Waals surface area contributed by atoms with Crippen LogP contribution in [0.1, 0.15) is 24.5 Å². The molecule has 0 bridgehead atoms. The number of aromatic amines is 1. The molecule has 0 unspecified atom stereocenters. The van der Waals surface area contributed by atoms with Gasteiger partial charge in [-0.25, -0.2) is 0 Å². The van der Waals surface area contributed by atoms with Crippen molar-refractivity contribution < 1.29 is 9.53 Å². The van der Waals surface area contributed by atoms with E-state index in [1.54, 1.807) is 14.0 Å². The average Bonchev–Trinajstić information content (AvgIpc) is 3.33. The number of anilines is 1. The van der Waals surface area contributed by atoms with E-state index >= 15 is 0 Å². The molecule has 2 aromatic carbocycles. The lowest BCUT2D eigenvalue weighted by Gasteiger charge is -2.33. The summed E-state index contributed by atoms with van der Waals surface area (Å²) in [4.78, 5) is 17.5. The first-order chi connectivity index (χ1) is 12.6.